The molecule has 0 saturated carbocycles. The lowest BCUT2D eigenvalue weighted by atomic mass is 9.96. The van der Waals surface area contributed by atoms with Crippen LogP contribution in [0.15, 0.2) is 53.4 Å². The zero-order chi connectivity index (χ0) is 22.1. The van der Waals surface area contributed by atoms with Gasteiger partial charge in [-0.15, -0.1) is 11.8 Å². The van der Waals surface area contributed by atoms with E-state index in [2.05, 4.69) is 45.6 Å². The molecule has 32 heavy (non-hydrogen) atoms. The highest BCUT2D eigenvalue weighted by atomic mass is 35.5. The number of aromatic nitrogens is 2. The molecule has 1 fully saturated rings. The van der Waals surface area contributed by atoms with E-state index in [0.717, 1.165) is 55.2 Å². The molecule has 1 unspecified atom stereocenters. The van der Waals surface area contributed by atoms with Crippen molar-refractivity contribution in [3.05, 3.63) is 70.4 Å². The molecule has 0 spiro atoms. The first-order valence-electron chi connectivity index (χ1n) is 10.7. The summed E-state index contributed by atoms with van der Waals surface area (Å²) in [5, 5.41) is 8.24. The maximum absolute atomic E-state index is 13.5. The summed E-state index contributed by atoms with van der Waals surface area (Å²) in [5.74, 6) is -0.0000778. The number of hydrogen-bond acceptors (Lipinski definition) is 5. The normalized spacial score (nSPS) is 18.9. The Morgan fingerprint density at radius 2 is 1.81 bits per heavy atom. The minimum atomic E-state index is -0.182. The SMILES string of the molecule is CSc1ccc(C2c3c(-c4ccc(Cl)cc4)n[nH]c3C(=O)N2CCN2CCOCC2)cc1. The standard InChI is InChI=1S/C24H25ClN4O2S/c1-32-19-8-4-17(5-9-19)23-20-21(16-2-6-18(25)7-3-16)26-27-22(20)24(30)29(23)11-10-28-12-14-31-15-13-28/h2-9,23H,10-15H2,1H3,(H,26,27). The number of fused-ring (bicyclic) bond motifs is 1. The maximum atomic E-state index is 13.5. The zero-order valence-corrected chi connectivity index (χ0v) is 19.5. The molecule has 0 aliphatic carbocycles. The van der Waals surface area contributed by atoms with Gasteiger partial charge in [-0.1, -0.05) is 35.9 Å². The highest BCUT2D eigenvalue weighted by Gasteiger charge is 2.42. The number of ether oxygens (including phenoxy) is 1. The van der Waals surface area contributed by atoms with Crippen LogP contribution in [0.2, 0.25) is 5.02 Å². The monoisotopic (exact) mass is 468 g/mol. The lowest BCUT2D eigenvalue weighted by Gasteiger charge is -2.31. The summed E-state index contributed by atoms with van der Waals surface area (Å²) in [6, 6.07) is 15.9. The molecular weight excluding hydrogens is 444 g/mol. The Kier molecular flexibility index (Phi) is 6.24. The van der Waals surface area contributed by atoms with Crippen LogP contribution in [0, 0.1) is 0 Å². The second kappa shape index (κ2) is 9.27. The Bertz CT molecular complexity index is 1090. The number of rotatable bonds is 6. The fourth-order valence-electron chi connectivity index (χ4n) is 4.46. The summed E-state index contributed by atoms with van der Waals surface area (Å²) in [5.41, 5.74) is 4.36. The molecule has 1 amide bonds. The molecule has 1 atom stereocenters. The Balaban J connectivity index is 1.52. The van der Waals surface area contributed by atoms with Gasteiger partial charge < -0.3 is 9.64 Å². The number of nitrogens with one attached hydrogen (secondary N) is 1. The van der Waals surface area contributed by atoms with Crippen molar-refractivity contribution in [3.63, 3.8) is 0 Å². The number of hydrogen-bond donors (Lipinski definition) is 1. The second-order valence-electron chi connectivity index (χ2n) is 8.00. The zero-order valence-electron chi connectivity index (χ0n) is 17.9. The van der Waals surface area contributed by atoms with Gasteiger partial charge in [0.1, 0.15) is 5.69 Å². The van der Waals surface area contributed by atoms with Crippen molar-refractivity contribution in [3.8, 4) is 11.3 Å². The minimum absolute atomic E-state index is 0.0000778. The molecule has 166 valence electrons. The fourth-order valence-corrected chi connectivity index (χ4v) is 5.00. The summed E-state index contributed by atoms with van der Waals surface area (Å²) in [7, 11) is 0. The third-order valence-corrected chi connectivity index (χ3v) is 7.17. The number of carbonyl (C=O) groups excluding carboxylic acids is 1. The van der Waals surface area contributed by atoms with Gasteiger partial charge in [-0.05, 0) is 36.1 Å². The fraction of sp³-hybridized carbons (Fsp3) is 0.333. The average Bonchev–Trinajstić information content (AvgIpc) is 3.38. The number of carbonyl (C=O) groups is 1. The van der Waals surface area contributed by atoms with Gasteiger partial charge in [-0.25, -0.2) is 0 Å². The Morgan fingerprint density at radius 1 is 1.09 bits per heavy atom. The molecule has 1 aromatic heterocycles. The highest BCUT2D eigenvalue weighted by Crippen LogP contribution is 2.43. The molecule has 5 rings (SSSR count). The van der Waals surface area contributed by atoms with Gasteiger partial charge >= 0.3 is 0 Å². The summed E-state index contributed by atoms with van der Waals surface area (Å²) in [6.45, 7) is 4.77. The third kappa shape index (κ3) is 4.06. The smallest absolute Gasteiger partial charge is 0.273 e. The number of H-pyrrole nitrogens is 1. The van der Waals surface area contributed by atoms with Crippen molar-refractivity contribution >= 4 is 29.3 Å². The first kappa shape index (κ1) is 21.5. The van der Waals surface area contributed by atoms with Crippen LogP contribution in [0.4, 0.5) is 0 Å². The lowest BCUT2D eigenvalue weighted by molar-refractivity contribution is 0.0316. The van der Waals surface area contributed by atoms with Crippen LogP contribution >= 0.6 is 23.4 Å². The molecule has 1 saturated heterocycles. The van der Waals surface area contributed by atoms with E-state index in [0.29, 0.717) is 17.3 Å². The number of aromatic amines is 1. The maximum Gasteiger partial charge on any atom is 0.273 e. The van der Waals surface area contributed by atoms with E-state index in [1.54, 1.807) is 11.8 Å². The van der Waals surface area contributed by atoms with Crippen LogP contribution in [0.1, 0.15) is 27.7 Å². The van der Waals surface area contributed by atoms with Gasteiger partial charge in [-0.3, -0.25) is 14.8 Å². The summed E-state index contributed by atoms with van der Waals surface area (Å²) in [4.78, 5) is 19.0. The average molecular weight is 469 g/mol. The Morgan fingerprint density at radius 3 is 2.50 bits per heavy atom. The number of halogens is 1. The lowest BCUT2D eigenvalue weighted by Crippen LogP contribution is -2.42. The molecule has 0 bridgehead atoms. The molecule has 3 heterocycles. The van der Waals surface area contributed by atoms with E-state index < -0.39 is 0 Å². The van der Waals surface area contributed by atoms with Crippen LogP contribution in [0.5, 0.6) is 0 Å². The van der Waals surface area contributed by atoms with Crippen LogP contribution in [-0.4, -0.2) is 71.6 Å². The van der Waals surface area contributed by atoms with Crippen molar-refractivity contribution in [1.82, 2.24) is 20.0 Å². The predicted octanol–water partition coefficient (Wildman–Crippen LogP) is 4.33. The number of thioether (sulfide) groups is 1. The van der Waals surface area contributed by atoms with Crippen molar-refractivity contribution in [2.45, 2.75) is 10.9 Å². The van der Waals surface area contributed by atoms with E-state index in [1.807, 2.05) is 29.2 Å². The molecule has 2 aromatic carbocycles. The molecule has 1 N–H and O–H groups in total. The summed E-state index contributed by atoms with van der Waals surface area (Å²) in [6.07, 6.45) is 2.07. The van der Waals surface area contributed by atoms with Gasteiger partial charge in [0, 0.05) is 47.2 Å². The van der Waals surface area contributed by atoms with E-state index in [-0.39, 0.29) is 11.9 Å². The van der Waals surface area contributed by atoms with E-state index in [4.69, 9.17) is 16.3 Å². The molecule has 6 nitrogen and oxygen atoms in total. The number of benzene rings is 2. The van der Waals surface area contributed by atoms with Crippen molar-refractivity contribution in [2.24, 2.45) is 0 Å². The van der Waals surface area contributed by atoms with Gasteiger partial charge in [-0.2, -0.15) is 5.10 Å². The number of amides is 1. The van der Waals surface area contributed by atoms with Crippen LogP contribution < -0.4 is 0 Å². The highest BCUT2D eigenvalue weighted by molar-refractivity contribution is 7.98. The molecule has 3 aromatic rings. The van der Waals surface area contributed by atoms with Gasteiger partial charge in [0.15, 0.2) is 0 Å². The number of morpholine rings is 1. The van der Waals surface area contributed by atoms with Gasteiger partial charge in [0.25, 0.3) is 5.91 Å². The quantitative estimate of drug-likeness (QED) is 0.545. The molecule has 0 radical (unpaired) electrons. The second-order valence-corrected chi connectivity index (χ2v) is 9.31. The van der Waals surface area contributed by atoms with Crippen molar-refractivity contribution < 1.29 is 9.53 Å². The number of nitrogens with zero attached hydrogens (tertiary/aromatic N) is 3. The van der Waals surface area contributed by atoms with E-state index in [1.165, 1.54) is 4.90 Å². The van der Waals surface area contributed by atoms with Crippen LogP contribution in [0.25, 0.3) is 11.3 Å². The first-order chi connectivity index (χ1) is 15.7. The largest absolute Gasteiger partial charge is 0.379 e. The molecule has 8 heteroatoms. The predicted molar refractivity (Wildman–Crippen MR) is 127 cm³/mol. The first-order valence-corrected chi connectivity index (χ1v) is 12.3. The van der Waals surface area contributed by atoms with E-state index in [9.17, 15) is 4.79 Å². The Hall–Kier alpha value is -2.32. The van der Waals surface area contributed by atoms with Crippen molar-refractivity contribution in [1.29, 1.82) is 0 Å². The molecule has 2 aliphatic heterocycles. The van der Waals surface area contributed by atoms with Gasteiger partial charge in [0.05, 0.1) is 24.9 Å². The topological polar surface area (TPSA) is 61.5 Å². The van der Waals surface area contributed by atoms with Crippen LogP contribution in [-0.2, 0) is 4.74 Å². The molecular formula is C24H25ClN4O2S. The minimum Gasteiger partial charge on any atom is -0.379 e. The van der Waals surface area contributed by atoms with Crippen LogP contribution in [0.3, 0.4) is 0 Å². The van der Waals surface area contributed by atoms with E-state index >= 15 is 0 Å². The summed E-state index contributed by atoms with van der Waals surface area (Å²) < 4.78 is 5.47. The van der Waals surface area contributed by atoms with Crippen molar-refractivity contribution in [2.75, 3.05) is 45.6 Å². The third-order valence-electron chi connectivity index (χ3n) is 6.17. The molecule has 2 aliphatic rings. The summed E-state index contributed by atoms with van der Waals surface area (Å²) >= 11 is 7.81. The Labute approximate surface area is 196 Å². The van der Waals surface area contributed by atoms with Gasteiger partial charge in [0.2, 0.25) is 0 Å².